The summed E-state index contributed by atoms with van der Waals surface area (Å²) in [5.41, 5.74) is 2.78. The fourth-order valence-electron chi connectivity index (χ4n) is 4.14. The van der Waals surface area contributed by atoms with Crippen molar-refractivity contribution in [1.29, 1.82) is 0 Å². The summed E-state index contributed by atoms with van der Waals surface area (Å²) in [7, 11) is 0. The molecule has 156 valence electrons. The highest BCUT2D eigenvalue weighted by atomic mass is 19.1. The molecule has 2 N–H and O–H groups in total. The monoisotopic (exact) mass is 410 g/mol. The molecule has 0 spiro atoms. The first-order valence-corrected chi connectivity index (χ1v) is 10.2. The van der Waals surface area contributed by atoms with Gasteiger partial charge in [-0.2, -0.15) is 0 Å². The Hall–Kier alpha value is -3.02. The van der Waals surface area contributed by atoms with Crippen LogP contribution in [0.15, 0.2) is 36.5 Å². The molecular formula is C24H24F2N2O2. The van der Waals surface area contributed by atoms with E-state index in [1.54, 1.807) is 24.4 Å². The molecular weight excluding hydrogens is 386 g/mol. The van der Waals surface area contributed by atoms with E-state index in [0.717, 1.165) is 43.2 Å². The van der Waals surface area contributed by atoms with Crippen LogP contribution in [0.3, 0.4) is 0 Å². The molecule has 4 rings (SSSR count). The number of halogens is 2. The summed E-state index contributed by atoms with van der Waals surface area (Å²) in [6, 6.07) is 7.73. The van der Waals surface area contributed by atoms with Gasteiger partial charge in [0.2, 0.25) is 0 Å². The van der Waals surface area contributed by atoms with Crippen LogP contribution in [-0.2, 0) is 0 Å². The second-order valence-corrected chi connectivity index (χ2v) is 8.22. The Morgan fingerprint density at radius 3 is 2.37 bits per heavy atom. The predicted octanol–water partition coefficient (Wildman–Crippen LogP) is 6.08. The van der Waals surface area contributed by atoms with Gasteiger partial charge in [0.15, 0.2) is 23.2 Å². The largest absolute Gasteiger partial charge is 0.503 e. The van der Waals surface area contributed by atoms with Crippen molar-refractivity contribution in [3.05, 3.63) is 53.7 Å². The maximum Gasteiger partial charge on any atom is 0.187 e. The number of aromatic hydroxyl groups is 1. The summed E-state index contributed by atoms with van der Waals surface area (Å²) in [5.74, 6) is -2.42. The molecule has 1 aromatic heterocycles. The van der Waals surface area contributed by atoms with Crippen molar-refractivity contribution < 1.29 is 18.7 Å². The van der Waals surface area contributed by atoms with Gasteiger partial charge in [-0.15, -0.1) is 0 Å². The van der Waals surface area contributed by atoms with Crippen molar-refractivity contribution >= 4 is 22.4 Å². The lowest BCUT2D eigenvalue weighted by atomic mass is 9.87. The molecule has 1 saturated carbocycles. The minimum absolute atomic E-state index is 0.0943. The normalized spacial score (nSPS) is 19.1. The second kappa shape index (κ2) is 8.01. The van der Waals surface area contributed by atoms with E-state index in [9.17, 15) is 18.7 Å². The summed E-state index contributed by atoms with van der Waals surface area (Å²) in [6.07, 6.45) is 5.89. The Balaban J connectivity index is 1.82. The van der Waals surface area contributed by atoms with E-state index in [2.05, 4.69) is 17.2 Å². The minimum Gasteiger partial charge on any atom is -0.503 e. The number of aromatic nitrogens is 1. The highest BCUT2D eigenvalue weighted by molar-refractivity contribution is 6.07. The van der Waals surface area contributed by atoms with E-state index in [-0.39, 0.29) is 11.8 Å². The van der Waals surface area contributed by atoms with Crippen molar-refractivity contribution in [1.82, 2.24) is 4.98 Å². The molecule has 0 radical (unpaired) electrons. The van der Waals surface area contributed by atoms with Gasteiger partial charge in [0.05, 0.1) is 16.8 Å². The molecule has 1 fully saturated rings. The van der Waals surface area contributed by atoms with Crippen molar-refractivity contribution in [3.63, 3.8) is 0 Å². The molecule has 1 aliphatic rings. The number of carbonyl (C=O) groups is 1. The summed E-state index contributed by atoms with van der Waals surface area (Å²) < 4.78 is 27.7. The van der Waals surface area contributed by atoms with Crippen LogP contribution in [0.5, 0.6) is 5.75 Å². The number of benzene rings is 2. The molecule has 30 heavy (non-hydrogen) atoms. The zero-order chi connectivity index (χ0) is 21.4. The highest BCUT2D eigenvalue weighted by Crippen LogP contribution is 2.35. The third kappa shape index (κ3) is 3.86. The number of phenolic OH excluding ortho intramolecular Hbond substituents is 1. The molecule has 0 saturated heterocycles. The van der Waals surface area contributed by atoms with E-state index in [0.29, 0.717) is 33.8 Å². The van der Waals surface area contributed by atoms with Gasteiger partial charge in [0.25, 0.3) is 0 Å². The molecule has 6 heteroatoms. The molecule has 4 nitrogen and oxygen atoms in total. The first-order chi connectivity index (χ1) is 14.3. The van der Waals surface area contributed by atoms with E-state index < -0.39 is 17.4 Å². The SMILES string of the molecule is CC(=O)c1cnc2ccc(-c3cc(F)c(O)c(F)c3)cc2c1N[C@H]1CC[C@H](C)CC1. The van der Waals surface area contributed by atoms with Gasteiger partial charge in [-0.05, 0) is 73.9 Å². The van der Waals surface area contributed by atoms with Gasteiger partial charge >= 0.3 is 0 Å². The molecule has 0 atom stereocenters. The number of ketones is 1. The average Bonchev–Trinajstić information content (AvgIpc) is 2.73. The van der Waals surface area contributed by atoms with Crippen LogP contribution < -0.4 is 5.32 Å². The van der Waals surface area contributed by atoms with Crippen LogP contribution in [0, 0.1) is 17.6 Å². The molecule has 3 aromatic rings. The number of rotatable bonds is 4. The van der Waals surface area contributed by atoms with Gasteiger partial charge in [-0.3, -0.25) is 9.78 Å². The summed E-state index contributed by atoms with van der Waals surface area (Å²) in [5, 5.41) is 13.7. The van der Waals surface area contributed by atoms with Crippen LogP contribution in [0.1, 0.15) is 49.9 Å². The number of nitrogens with one attached hydrogen (secondary N) is 1. The number of pyridine rings is 1. The Labute approximate surface area is 174 Å². The molecule has 0 aliphatic heterocycles. The maximum absolute atomic E-state index is 13.9. The topological polar surface area (TPSA) is 62.2 Å². The molecule has 2 aromatic carbocycles. The quantitative estimate of drug-likeness (QED) is 0.512. The molecule has 0 bridgehead atoms. The number of carbonyl (C=O) groups excluding carboxylic acids is 1. The molecule has 1 aliphatic carbocycles. The Morgan fingerprint density at radius 1 is 1.07 bits per heavy atom. The van der Waals surface area contributed by atoms with E-state index in [1.165, 1.54) is 6.92 Å². The zero-order valence-electron chi connectivity index (χ0n) is 17.0. The van der Waals surface area contributed by atoms with Crippen LogP contribution in [-0.4, -0.2) is 21.9 Å². The van der Waals surface area contributed by atoms with Gasteiger partial charge in [0, 0.05) is 17.6 Å². The minimum atomic E-state index is -1.02. The van der Waals surface area contributed by atoms with Gasteiger partial charge < -0.3 is 10.4 Å². The van der Waals surface area contributed by atoms with Crippen LogP contribution in [0.4, 0.5) is 14.5 Å². The second-order valence-electron chi connectivity index (χ2n) is 8.22. The Bertz CT molecular complexity index is 1100. The lowest BCUT2D eigenvalue weighted by Crippen LogP contribution is -2.26. The lowest BCUT2D eigenvalue weighted by Gasteiger charge is -2.29. The van der Waals surface area contributed by atoms with Crippen molar-refractivity contribution in [2.75, 3.05) is 5.32 Å². The third-order valence-corrected chi connectivity index (χ3v) is 5.96. The maximum atomic E-state index is 13.9. The summed E-state index contributed by atoms with van der Waals surface area (Å²) in [6.45, 7) is 3.76. The smallest absolute Gasteiger partial charge is 0.187 e. The number of hydrogen-bond acceptors (Lipinski definition) is 4. The van der Waals surface area contributed by atoms with Crippen LogP contribution >= 0.6 is 0 Å². The van der Waals surface area contributed by atoms with Gasteiger partial charge in [0.1, 0.15) is 0 Å². The highest BCUT2D eigenvalue weighted by Gasteiger charge is 2.21. The number of hydrogen-bond donors (Lipinski definition) is 2. The van der Waals surface area contributed by atoms with Crippen molar-refractivity contribution in [3.8, 4) is 16.9 Å². The Kier molecular flexibility index (Phi) is 5.41. The fourth-order valence-corrected chi connectivity index (χ4v) is 4.14. The summed E-state index contributed by atoms with van der Waals surface area (Å²) in [4.78, 5) is 16.7. The first kappa shape index (κ1) is 20.3. The lowest BCUT2D eigenvalue weighted by molar-refractivity contribution is 0.101. The van der Waals surface area contributed by atoms with E-state index in [4.69, 9.17) is 0 Å². The fraction of sp³-hybridized carbons (Fsp3) is 0.333. The zero-order valence-corrected chi connectivity index (χ0v) is 17.0. The number of Topliss-reactive ketones (excluding diaryl/α,β-unsaturated/α-hetero) is 1. The van der Waals surface area contributed by atoms with Gasteiger partial charge in [-0.25, -0.2) is 8.78 Å². The van der Waals surface area contributed by atoms with Gasteiger partial charge in [-0.1, -0.05) is 13.0 Å². The van der Waals surface area contributed by atoms with E-state index in [1.807, 2.05) is 0 Å². The standard InChI is InChI=1S/C24H24F2N2O2/c1-13-3-6-17(7-4-13)28-23-18-9-15(16-10-20(25)24(30)21(26)11-16)5-8-22(18)27-12-19(23)14(2)29/h5,8-13,17,30H,3-4,6-7H2,1-2H3,(H,27,28)/t13-,17-. The predicted molar refractivity (Wildman–Crippen MR) is 114 cm³/mol. The first-order valence-electron chi connectivity index (χ1n) is 10.2. The van der Waals surface area contributed by atoms with Crippen LogP contribution in [0.2, 0.25) is 0 Å². The van der Waals surface area contributed by atoms with Crippen molar-refractivity contribution in [2.45, 2.75) is 45.6 Å². The number of fused-ring (bicyclic) bond motifs is 1. The van der Waals surface area contributed by atoms with E-state index >= 15 is 0 Å². The average molecular weight is 410 g/mol. The summed E-state index contributed by atoms with van der Waals surface area (Å²) >= 11 is 0. The third-order valence-electron chi connectivity index (χ3n) is 5.96. The number of anilines is 1. The molecule has 1 heterocycles. The molecule has 0 amide bonds. The number of nitrogens with zero attached hydrogens (tertiary/aromatic N) is 1. The Morgan fingerprint density at radius 2 is 1.73 bits per heavy atom. The number of phenols is 1. The van der Waals surface area contributed by atoms with Crippen molar-refractivity contribution in [2.24, 2.45) is 5.92 Å². The van der Waals surface area contributed by atoms with Crippen LogP contribution in [0.25, 0.3) is 22.0 Å². The molecule has 0 unspecified atom stereocenters.